The van der Waals surface area contributed by atoms with Crippen LogP contribution in [-0.2, 0) is 4.79 Å². The number of carbonyl (C=O) groups excluding carboxylic acids is 2. The van der Waals surface area contributed by atoms with Crippen LogP contribution >= 0.6 is 23.4 Å². The quantitative estimate of drug-likeness (QED) is 0.683. The molecule has 2 saturated heterocycles. The Hall–Kier alpha value is -2.38. The zero-order valence-corrected chi connectivity index (χ0v) is 20.0. The highest BCUT2D eigenvalue weighted by Crippen LogP contribution is 2.44. The molecule has 2 aromatic rings. The molecular formula is C24H28ClN3O3S. The summed E-state index contributed by atoms with van der Waals surface area (Å²) in [4.78, 5) is 29.2. The molecule has 3 amide bonds. The van der Waals surface area contributed by atoms with Crippen molar-refractivity contribution in [3.8, 4) is 5.75 Å². The van der Waals surface area contributed by atoms with Crippen molar-refractivity contribution < 1.29 is 14.3 Å². The summed E-state index contributed by atoms with van der Waals surface area (Å²) in [5.74, 6) is 1.51. The van der Waals surface area contributed by atoms with E-state index in [4.69, 9.17) is 16.3 Å². The number of nitrogens with zero attached hydrogens (tertiary/aromatic N) is 2. The molecule has 0 aliphatic carbocycles. The first-order valence-electron chi connectivity index (χ1n) is 10.8. The Balaban J connectivity index is 1.32. The van der Waals surface area contributed by atoms with E-state index in [0.717, 1.165) is 29.8 Å². The molecule has 4 rings (SSSR count). The molecule has 0 bridgehead atoms. The second-order valence-electron chi connectivity index (χ2n) is 8.30. The second-order valence-corrected chi connectivity index (χ2v) is 10.2. The number of halogens is 1. The van der Waals surface area contributed by atoms with Gasteiger partial charge in [0.1, 0.15) is 5.75 Å². The standard InChI is InChI=1S/C24H28ClN3O3S/c1-17-3-6-20(15-18(17)2)26-23(30)27-11-9-24(10-12-27)28(13-14-32-24)22(29)16-31-21-7-4-19(25)5-8-21/h3-8,15H,9-14,16H2,1-2H3,(H,26,30). The van der Waals surface area contributed by atoms with Gasteiger partial charge >= 0.3 is 6.03 Å². The maximum atomic E-state index is 12.9. The Bertz CT molecular complexity index is 990. The van der Waals surface area contributed by atoms with Crippen molar-refractivity contribution >= 4 is 41.0 Å². The predicted molar refractivity (Wildman–Crippen MR) is 130 cm³/mol. The minimum atomic E-state index is -0.252. The van der Waals surface area contributed by atoms with Gasteiger partial charge in [-0.3, -0.25) is 4.79 Å². The van der Waals surface area contributed by atoms with Gasteiger partial charge in [0.25, 0.3) is 5.91 Å². The number of aryl methyl sites for hydroxylation is 2. The van der Waals surface area contributed by atoms with Gasteiger partial charge < -0.3 is 19.9 Å². The molecule has 0 saturated carbocycles. The van der Waals surface area contributed by atoms with Crippen molar-refractivity contribution in [2.45, 2.75) is 31.6 Å². The molecule has 0 aromatic heterocycles. The van der Waals surface area contributed by atoms with Crippen molar-refractivity contribution in [1.29, 1.82) is 0 Å². The maximum absolute atomic E-state index is 12.9. The first-order valence-corrected chi connectivity index (χ1v) is 12.2. The van der Waals surface area contributed by atoms with Crippen LogP contribution in [0.4, 0.5) is 10.5 Å². The summed E-state index contributed by atoms with van der Waals surface area (Å²) in [7, 11) is 0. The molecule has 2 aliphatic heterocycles. The van der Waals surface area contributed by atoms with Crippen LogP contribution in [0.15, 0.2) is 42.5 Å². The number of ether oxygens (including phenoxy) is 1. The van der Waals surface area contributed by atoms with Crippen molar-refractivity contribution in [1.82, 2.24) is 9.80 Å². The minimum absolute atomic E-state index is 0.000910. The van der Waals surface area contributed by atoms with E-state index in [1.165, 1.54) is 5.56 Å². The van der Waals surface area contributed by atoms with E-state index in [0.29, 0.717) is 30.4 Å². The molecule has 32 heavy (non-hydrogen) atoms. The summed E-state index contributed by atoms with van der Waals surface area (Å²) < 4.78 is 5.68. The smallest absolute Gasteiger partial charge is 0.321 e. The Morgan fingerprint density at radius 2 is 1.78 bits per heavy atom. The van der Waals surface area contributed by atoms with Crippen LogP contribution in [0.1, 0.15) is 24.0 Å². The fourth-order valence-corrected chi connectivity index (χ4v) is 5.81. The summed E-state index contributed by atoms with van der Waals surface area (Å²) in [6, 6.07) is 12.9. The van der Waals surface area contributed by atoms with E-state index in [-0.39, 0.29) is 23.4 Å². The number of benzene rings is 2. The maximum Gasteiger partial charge on any atom is 0.321 e. The fourth-order valence-electron chi connectivity index (χ4n) is 4.21. The second kappa shape index (κ2) is 9.63. The van der Waals surface area contributed by atoms with Crippen molar-refractivity contribution in [3.05, 3.63) is 58.6 Å². The highest BCUT2D eigenvalue weighted by molar-refractivity contribution is 8.00. The van der Waals surface area contributed by atoms with E-state index < -0.39 is 0 Å². The number of thioether (sulfide) groups is 1. The van der Waals surface area contributed by atoms with Gasteiger partial charge in [0.05, 0.1) is 4.87 Å². The fraction of sp³-hybridized carbons (Fsp3) is 0.417. The van der Waals surface area contributed by atoms with Gasteiger partial charge in [0.2, 0.25) is 0 Å². The van der Waals surface area contributed by atoms with Gasteiger partial charge in [0, 0.05) is 36.1 Å². The summed E-state index contributed by atoms with van der Waals surface area (Å²) in [6.07, 6.45) is 1.51. The topological polar surface area (TPSA) is 61.9 Å². The lowest BCUT2D eigenvalue weighted by Crippen LogP contribution is -2.55. The molecule has 0 unspecified atom stereocenters. The highest BCUT2D eigenvalue weighted by atomic mass is 35.5. The first-order chi connectivity index (χ1) is 15.4. The summed E-state index contributed by atoms with van der Waals surface area (Å²) in [6.45, 7) is 6.03. The Kier molecular flexibility index (Phi) is 6.86. The molecule has 170 valence electrons. The van der Waals surface area contributed by atoms with Crippen molar-refractivity contribution in [2.24, 2.45) is 0 Å². The molecule has 0 radical (unpaired) electrons. The lowest BCUT2D eigenvalue weighted by Gasteiger charge is -2.43. The van der Waals surface area contributed by atoms with Gasteiger partial charge in [-0.25, -0.2) is 4.79 Å². The number of anilines is 1. The Labute approximate surface area is 198 Å². The number of likely N-dealkylation sites (tertiary alicyclic amines) is 1. The molecule has 2 fully saturated rings. The summed E-state index contributed by atoms with van der Waals surface area (Å²) >= 11 is 7.72. The van der Waals surface area contributed by atoms with Crippen LogP contribution in [0.5, 0.6) is 5.75 Å². The zero-order valence-electron chi connectivity index (χ0n) is 18.4. The Morgan fingerprint density at radius 3 is 2.47 bits per heavy atom. The van der Waals surface area contributed by atoms with E-state index in [1.807, 2.05) is 46.7 Å². The van der Waals surface area contributed by atoms with Gasteiger partial charge in [-0.15, -0.1) is 11.8 Å². The molecule has 0 atom stereocenters. The molecular weight excluding hydrogens is 446 g/mol. The average Bonchev–Trinajstić information content (AvgIpc) is 3.19. The van der Waals surface area contributed by atoms with Gasteiger partial charge in [-0.2, -0.15) is 0 Å². The van der Waals surface area contributed by atoms with Crippen LogP contribution in [-0.4, -0.2) is 58.6 Å². The molecule has 2 heterocycles. The van der Waals surface area contributed by atoms with Crippen LogP contribution in [0.2, 0.25) is 5.02 Å². The number of piperidine rings is 1. The van der Waals surface area contributed by atoms with Gasteiger partial charge in [-0.05, 0) is 74.2 Å². The lowest BCUT2D eigenvalue weighted by atomic mass is 10.0. The first kappa shape index (κ1) is 22.8. The third kappa shape index (κ3) is 4.99. The highest BCUT2D eigenvalue weighted by Gasteiger charge is 2.46. The summed E-state index contributed by atoms with van der Waals surface area (Å²) in [5, 5.41) is 3.64. The van der Waals surface area contributed by atoms with E-state index in [1.54, 1.807) is 24.3 Å². The number of carbonyl (C=O) groups is 2. The van der Waals surface area contributed by atoms with E-state index >= 15 is 0 Å². The zero-order chi connectivity index (χ0) is 22.7. The van der Waals surface area contributed by atoms with Crippen molar-refractivity contribution in [3.63, 3.8) is 0 Å². The molecule has 1 N–H and O–H groups in total. The molecule has 8 heteroatoms. The van der Waals surface area contributed by atoms with Crippen LogP contribution in [0, 0.1) is 13.8 Å². The molecule has 6 nitrogen and oxygen atoms in total. The number of amides is 3. The number of urea groups is 1. The third-order valence-corrected chi connectivity index (χ3v) is 8.05. The number of hydrogen-bond acceptors (Lipinski definition) is 4. The third-order valence-electron chi connectivity index (χ3n) is 6.24. The normalized spacial score (nSPS) is 17.5. The average molecular weight is 474 g/mol. The largest absolute Gasteiger partial charge is 0.484 e. The van der Waals surface area contributed by atoms with E-state index in [2.05, 4.69) is 12.2 Å². The van der Waals surface area contributed by atoms with Crippen LogP contribution in [0.3, 0.4) is 0 Å². The minimum Gasteiger partial charge on any atom is -0.484 e. The van der Waals surface area contributed by atoms with Crippen LogP contribution in [0.25, 0.3) is 0 Å². The molecule has 2 aromatic carbocycles. The molecule has 2 aliphatic rings. The number of rotatable bonds is 4. The monoisotopic (exact) mass is 473 g/mol. The Morgan fingerprint density at radius 1 is 1.06 bits per heavy atom. The lowest BCUT2D eigenvalue weighted by molar-refractivity contribution is -0.136. The molecule has 1 spiro atoms. The van der Waals surface area contributed by atoms with Crippen molar-refractivity contribution in [2.75, 3.05) is 37.3 Å². The predicted octanol–water partition coefficient (Wildman–Crippen LogP) is 4.94. The SMILES string of the molecule is Cc1ccc(NC(=O)N2CCC3(CC2)SCCN3C(=O)COc2ccc(Cl)cc2)cc1C. The van der Waals surface area contributed by atoms with Gasteiger partial charge in [-0.1, -0.05) is 17.7 Å². The number of hydrogen-bond donors (Lipinski definition) is 1. The summed E-state index contributed by atoms with van der Waals surface area (Å²) in [5.41, 5.74) is 3.16. The van der Waals surface area contributed by atoms with Crippen LogP contribution < -0.4 is 10.1 Å². The van der Waals surface area contributed by atoms with E-state index in [9.17, 15) is 9.59 Å². The van der Waals surface area contributed by atoms with Gasteiger partial charge in [0.15, 0.2) is 6.61 Å². The number of nitrogens with one attached hydrogen (secondary N) is 1.